The van der Waals surface area contributed by atoms with Crippen molar-refractivity contribution in [3.05, 3.63) is 46.7 Å². The number of nitrogens with one attached hydrogen (secondary N) is 1. The summed E-state index contributed by atoms with van der Waals surface area (Å²) in [6.07, 6.45) is 1.93. The molecule has 1 N–H and O–H groups in total. The first-order chi connectivity index (χ1) is 13.8. The van der Waals surface area contributed by atoms with Crippen LogP contribution in [0.15, 0.2) is 39.8 Å². The molecule has 0 saturated carbocycles. The van der Waals surface area contributed by atoms with E-state index in [2.05, 4.69) is 14.9 Å². The minimum Gasteiger partial charge on any atom is -0.334 e. The molecule has 4 rings (SSSR count). The van der Waals surface area contributed by atoms with Gasteiger partial charge in [-0.25, -0.2) is 8.42 Å². The second-order valence-electron chi connectivity index (χ2n) is 6.87. The van der Waals surface area contributed by atoms with Gasteiger partial charge in [0.05, 0.1) is 10.6 Å². The standard InChI is InChI=1S/C19H20N4O4S2/c1-12-7-3-4-8-14(12)22-29(25,26)16-11-15(28-13(16)2)17-20-18(27-21-17)19(24)23-9-5-6-10-23/h3-4,7-8,11,22H,5-6,9-10H2,1-2H3. The van der Waals surface area contributed by atoms with Crippen LogP contribution in [0.1, 0.15) is 34.0 Å². The first-order valence-corrected chi connectivity index (χ1v) is 11.5. The van der Waals surface area contributed by atoms with Gasteiger partial charge in [0.2, 0.25) is 5.82 Å². The van der Waals surface area contributed by atoms with E-state index < -0.39 is 10.0 Å². The number of nitrogens with zero attached hydrogens (tertiary/aromatic N) is 3. The summed E-state index contributed by atoms with van der Waals surface area (Å²) in [5, 5.41) is 3.88. The van der Waals surface area contributed by atoms with Crippen LogP contribution in [0.25, 0.3) is 10.7 Å². The molecule has 1 aromatic carbocycles. The highest BCUT2D eigenvalue weighted by Crippen LogP contribution is 2.33. The molecule has 29 heavy (non-hydrogen) atoms. The van der Waals surface area contributed by atoms with E-state index in [4.69, 9.17) is 4.52 Å². The number of benzene rings is 1. The summed E-state index contributed by atoms with van der Waals surface area (Å²) in [7, 11) is -3.78. The van der Waals surface area contributed by atoms with Crippen LogP contribution >= 0.6 is 11.3 Å². The van der Waals surface area contributed by atoms with Gasteiger partial charge in [-0.2, -0.15) is 4.98 Å². The van der Waals surface area contributed by atoms with Gasteiger partial charge in [0, 0.05) is 18.0 Å². The number of rotatable bonds is 5. The topological polar surface area (TPSA) is 105 Å². The molecule has 1 fully saturated rings. The predicted molar refractivity (Wildman–Crippen MR) is 109 cm³/mol. The summed E-state index contributed by atoms with van der Waals surface area (Å²) < 4.78 is 33.5. The Morgan fingerprint density at radius 1 is 1.21 bits per heavy atom. The zero-order valence-corrected chi connectivity index (χ0v) is 17.6. The maximum atomic E-state index is 12.9. The van der Waals surface area contributed by atoms with Crippen molar-refractivity contribution in [2.24, 2.45) is 0 Å². The van der Waals surface area contributed by atoms with Crippen LogP contribution in [-0.4, -0.2) is 42.5 Å². The van der Waals surface area contributed by atoms with E-state index in [-0.39, 0.29) is 22.5 Å². The minimum absolute atomic E-state index is 0.0737. The maximum Gasteiger partial charge on any atom is 0.316 e. The van der Waals surface area contributed by atoms with Crippen molar-refractivity contribution in [2.45, 2.75) is 31.6 Å². The largest absolute Gasteiger partial charge is 0.334 e. The molecule has 0 bridgehead atoms. The fourth-order valence-corrected chi connectivity index (χ4v) is 5.84. The lowest BCUT2D eigenvalue weighted by atomic mass is 10.2. The molecule has 1 aliphatic rings. The van der Waals surface area contributed by atoms with Crippen molar-refractivity contribution < 1.29 is 17.7 Å². The summed E-state index contributed by atoms with van der Waals surface area (Å²) in [4.78, 5) is 19.5. The normalized spacial score (nSPS) is 14.3. The van der Waals surface area contributed by atoms with Crippen LogP contribution in [0.5, 0.6) is 0 Å². The van der Waals surface area contributed by atoms with E-state index in [1.165, 1.54) is 17.4 Å². The third-order valence-electron chi connectivity index (χ3n) is 4.77. The number of aryl methyl sites for hydroxylation is 2. The van der Waals surface area contributed by atoms with Gasteiger partial charge in [-0.15, -0.1) is 11.3 Å². The molecule has 0 spiro atoms. The van der Waals surface area contributed by atoms with Crippen molar-refractivity contribution >= 4 is 33.0 Å². The highest BCUT2D eigenvalue weighted by molar-refractivity contribution is 7.93. The zero-order valence-electron chi connectivity index (χ0n) is 16.0. The van der Waals surface area contributed by atoms with Crippen molar-refractivity contribution in [3.8, 4) is 10.7 Å². The number of carbonyl (C=O) groups is 1. The number of para-hydroxylation sites is 1. The van der Waals surface area contributed by atoms with Gasteiger partial charge in [-0.3, -0.25) is 9.52 Å². The molecule has 1 amide bonds. The Balaban J connectivity index is 1.60. The zero-order chi connectivity index (χ0) is 20.6. The van der Waals surface area contributed by atoms with Crippen molar-refractivity contribution in [2.75, 3.05) is 17.8 Å². The van der Waals surface area contributed by atoms with Crippen LogP contribution in [-0.2, 0) is 10.0 Å². The van der Waals surface area contributed by atoms with Gasteiger partial charge in [-0.05, 0) is 44.4 Å². The van der Waals surface area contributed by atoms with E-state index in [9.17, 15) is 13.2 Å². The number of sulfonamides is 1. The average Bonchev–Trinajstić information content (AvgIpc) is 3.43. The predicted octanol–water partition coefficient (Wildman–Crippen LogP) is 3.45. The molecule has 152 valence electrons. The number of amides is 1. The van der Waals surface area contributed by atoms with E-state index in [0.717, 1.165) is 18.4 Å². The molecule has 3 aromatic rings. The fraction of sp³-hybridized carbons (Fsp3) is 0.316. The fourth-order valence-electron chi connectivity index (χ4n) is 3.20. The molecule has 0 atom stereocenters. The Morgan fingerprint density at radius 2 is 1.93 bits per heavy atom. The van der Waals surface area contributed by atoms with Gasteiger partial charge in [0.15, 0.2) is 0 Å². The third-order valence-corrected chi connectivity index (χ3v) is 7.44. The number of aromatic nitrogens is 2. The molecule has 2 aromatic heterocycles. The summed E-state index contributed by atoms with van der Waals surface area (Å²) in [5.41, 5.74) is 1.35. The second-order valence-corrected chi connectivity index (χ2v) is 9.78. The van der Waals surface area contributed by atoms with Gasteiger partial charge in [0.1, 0.15) is 4.90 Å². The van der Waals surface area contributed by atoms with E-state index in [1.54, 1.807) is 24.0 Å². The highest BCUT2D eigenvalue weighted by Gasteiger charge is 2.27. The number of hydrogen-bond donors (Lipinski definition) is 1. The highest BCUT2D eigenvalue weighted by atomic mass is 32.2. The van der Waals surface area contributed by atoms with E-state index in [1.807, 2.05) is 19.1 Å². The van der Waals surface area contributed by atoms with Crippen LogP contribution in [0, 0.1) is 13.8 Å². The lowest BCUT2D eigenvalue weighted by molar-refractivity contribution is 0.0743. The molecule has 1 saturated heterocycles. The van der Waals surface area contributed by atoms with Crippen LogP contribution in [0.4, 0.5) is 5.69 Å². The van der Waals surface area contributed by atoms with Crippen LogP contribution < -0.4 is 4.72 Å². The average molecular weight is 433 g/mol. The summed E-state index contributed by atoms with van der Waals surface area (Å²) in [6, 6.07) is 8.68. The number of thiophene rings is 1. The maximum absolute atomic E-state index is 12.9. The lowest BCUT2D eigenvalue weighted by Crippen LogP contribution is -2.27. The van der Waals surface area contributed by atoms with Gasteiger partial charge < -0.3 is 9.42 Å². The molecular weight excluding hydrogens is 412 g/mol. The summed E-state index contributed by atoms with van der Waals surface area (Å²) in [5.74, 6) is -0.156. The molecular formula is C19H20N4O4S2. The summed E-state index contributed by atoms with van der Waals surface area (Å²) in [6.45, 7) is 4.92. The molecule has 0 unspecified atom stereocenters. The van der Waals surface area contributed by atoms with Crippen LogP contribution in [0.3, 0.4) is 0 Å². The Hall–Kier alpha value is -2.72. The monoisotopic (exact) mass is 432 g/mol. The van der Waals surface area contributed by atoms with E-state index >= 15 is 0 Å². The van der Waals surface area contributed by atoms with Gasteiger partial charge in [-0.1, -0.05) is 23.4 Å². The Kier molecular flexibility index (Phi) is 5.13. The third kappa shape index (κ3) is 3.90. The Morgan fingerprint density at radius 3 is 2.66 bits per heavy atom. The minimum atomic E-state index is -3.78. The van der Waals surface area contributed by atoms with Crippen molar-refractivity contribution in [1.29, 1.82) is 0 Å². The number of hydrogen-bond acceptors (Lipinski definition) is 7. The second kappa shape index (κ2) is 7.60. The number of carbonyl (C=O) groups excluding carboxylic acids is 1. The molecule has 1 aliphatic heterocycles. The first-order valence-electron chi connectivity index (χ1n) is 9.17. The molecule has 8 nitrogen and oxygen atoms in total. The van der Waals surface area contributed by atoms with Crippen molar-refractivity contribution in [1.82, 2.24) is 15.0 Å². The smallest absolute Gasteiger partial charge is 0.316 e. The summed E-state index contributed by atoms with van der Waals surface area (Å²) >= 11 is 1.24. The SMILES string of the molecule is Cc1ccccc1NS(=O)(=O)c1cc(-c2noc(C(=O)N3CCCC3)n2)sc1C. The number of anilines is 1. The van der Waals surface area contributed by atoms with Gasteiger partial charge in [0.25, 0.3) is 10.0 Å². The van der Waals surface area contributed by atoms with Crippen LogP contribution in [0.2, 0.25) is 0 Å². The first kappa shape index (κ1) is 19.6. The quantitative estimate of drug-likeness (QED) is 0.662. The molecule has 10 heteroatoms. The van der Waals surface area contributed by atoms with Gasteiger partial charge >= 0.3 is 11.8 Å². The Labute approximate surface area is 172 Å². The molecule has 0 aliphatic carbocycles. The van der Waals surface area contributed by atoms with Crippen molar-refractivity contribution in [3.63, 3.8) is 0 Å². The number of likely N-dealkylation sites (tertiary alicyclic amines) is 1. The lowest BCUT2D eigenvalue weighted by Gasteiger charge is -2.10. The Bertz CT molecular complexity index is 1160. The van der Waals surface area contributed by atoms with E-state index in [0.29, 0.717) is 28.5 Å². The molecule has 3 heterocycles. The molecule has 0 radical (unpaired) electrons.